The second-order valence-electron chi connectivity index (χ2n) is 10.3. The molecule has 0 saturated heterocycles. The quantitative estimate of drug-likeness (QED) is 0.346. The zero-order valence-electron chi connectivity index (χ0n) is 24.1. The number of rotatable bonds is 10. The Kier molecular flexibility index (Phi) is 9.64. The molecule has 4 rings (SSSR count). The van der Waals surface area contributed by atoms with Gasteiger partial charge in [-0.25, -0.2) is 21.2 Å². The number of carbonyl (C=O) groups is 1. The van der Waals surface area contributed by atoms with Gasteiger partial charge in [-0.05, 0) is 67.6 Å². The molecule has 1 heterocycles. The maximum Gasteiger partial charge on any atom is 0.262 e. The number of benzene rings is 3. The summed E-state index contributed by atoms with van der Waals surface area (Å²) in [4.78, 5) is 15.0. The Hall–Kier alpha value is -3.72. The molecular weight excluding hydrogens is 601 g/mol. The predicted octanol–water partition coefficient (Wildman–Crippen LogP) is 3.18. The first-order valence-corrected chi connectivity index (χ1v) is 16.3. The average molecular weight is 636 g/mol. The molecule has 0 unspecified atom stereocenters. The summed E-state index contributed by atoms with van der Waals surface area (Å²) in [6.07, 6.45) is -0.868. The summed E-state index contributed by atoms with van der Waals surface area (Å²) in [5.74, 6) is -1.15. The van der Waals surface area contributed by atoms with Gasteiger partial charge in [-0.15, -0.1) is 0 Å². The highest BCUT2D eigenvalue weighted by atomic mass is 32.2. The van der Waals surface area contributed by atoms with Crippen molar-refractivity contribution in [2.24, 2.45) is 5.92 Å². The molecule has 14 heteroatoms. The van der Waals surface area contributed by atoms with Crippen LogP contribution in [0.25, 0.3) is 0 Å². The standard InChI is InChI=1S/C29H34FN3O8S2/c1-19-16-33(20(2)18-34)29(35)25-6-5-7-26(31-42(36,37)23-14-10-22(40-4)11-15-23)28(25)41-27(19)17-32(3)43(38,39)24-12-8-21(30)9-13-24/h5-15,19-20,27,31,34H,16-18H2,1-4H3/t19-,20+,27+/m1/s1. The third kappa shape index (κ3) is 6.93. The average Bonchev–Trinajstić information content (AvgIpc) is 2.98. The molecule has 0 fully saturated rings. The molecule has 0 saturated carbocycles. The van der Waals surface area contributed by atoms with Gasteiger partial charge in [-0.1, -0.05) is 13.0 Å². The number of methoxy groups -OCH3 is 1. The predicted molar refractivity (Wildman–Crippen MR) is 158 cm³/mol. The second-order valence-corrected chi connectivity index (χ2v) is 14.1. The Labute approximate surface area is 250 Å². The maximum absolute atomic E-state index is 13.7. The highest BCUT2D eigenvalue weighted by Crippen LogP contribution is 2.36. The molecule has 1 aliphatic heterocycles. The first-order chi connectivity index (χ1) is 20.3. The van der Waals surface area contributed by atoms with Crippen molar-refractivity contribution in [1.82, 2.24) is 9.21 Å². The number of para-hydroxylation sites is 1. The number of carbonyl (C=O) groups excluding carboxylic acids is 1. The Balaban J connectivity index is 1.75. The summed E-state index contributed by atoms with van der Waals surface area (Å²) in [5.41, 5.74) is 0.0117. The van der Waals surface area contributed by atoms with E-state index in [4.69, 9.17) is 9.47 Å². The van der Waals surface area contributed by atoms with Crippen molar-refractivity contribution in [3.05, 3.63) is 78.1 Å². The van der Waals surface area contributed by atoms with Crippen LogP contribution in [-0.4, -0.2) is 83.1 Å². The molecule has 1 amide bonds. The Morgan fingerprint density at radius 3 is 2.30 bits per heavy atom. The fraction of sp³-hybridized carbons (Fsp3) is 0.345. The van der Waals surface area contributed by atoms with Crippen molar-refractivity contribution in [2.45, 2.75) is 35.8 Å². The van der Waals surface area contributed by atoms with E-state index >= 15 is 0 Å². The van der Waals surface area contributed by atoms with Gasteiger partial charge in [0, 0.05) is 19.5 Å². The van der Waals surface area contributed by atoms with Crippen LogP contribution in [0.2, 0.25) is 0 Å². The highest BCUT2D eigenvalue weighted by Gasteiger charge is 2.36. The van der Waals surface area contributed by atoms with E-state index in [9.17, 15) is 31.1 Å². The lowest BCUT2D eigenvalue weighted by atomic mass is 9.99. The van der Waals surface area contributed by atoms with E-state index in [1.54, 1.807) is 13.8 Å². The molecule has 43 heavy (non-hydrogen) atoms. The minimum absolute atomic E-state index is 0.0265. The monoisotopic (exact) mass is 635 g/mol. The molecule has 0 aliphatic carbocycles. The number of hydrogen-bond donors (Lipinski definition) is 2. The van der Waals surface area contributed by atoms with Crippen molar-refractivity contribution in [3.63, 3.8) is 0 Å². The molecule has 1 aliphatic rings. The number of sulfonamides is 2. The van der Waals surface area contributed by atoms with Gasteiger partial charge in [0.1, 0.15) is 17.7 Å². The van der Waals surface area contributed by atoms with Gasteiger partial charge in [0.2, 0.25) is 10.0 Å². The fourth-order valence-corrected chi connectivity index (χ4v) is 6.88. The third-order valence-corrected chi connectivity index (χ3v) is 10.5. The van der Waals surface area contributed by atoms with Crippen LogP contribution in [0.3, 0.4) is 0 Å². The number of aliphatic hydroxyl groups is 1. The summed E-state index contributed by atoms with van der Waals surface area (Å²) in [6, 6.07) is 14.0. The number of amides is 1. The minimum Gasteiger partial charge on any atom is -0.497 e. The first-order valence-electron chi connectivity index (χ1n) is 13.4. The van der Waals surface area contributed by atoms with Gasteiger partial charge < -0.3 is 19.5 Å². The van der Waals surface area contributed by atoms with Crippen LogP contribution >= 0.6 is 0 Å². The van der Waals surface area contributed by atoms with Gasteiger partial charge in [0.05, 0.1) is 47.3 Å². The number of nitrogens with one attached hydrogen (secondary N) is 1. The smallest absolute Gasteiger partial charge is 0.262 e. The highest BCUT2D eigenvalue weighted by molar-refractivity contribution is 7.92. The van der Waals surface area contributed by atoms with Gasteiger partial charge in [0.25, 0.3) is 15.9 Å². The van der Waals surface area contributed by atoms with Crippen LogP contribution in [0.15, 0.2) is 76.5 Å². The van der Waals surface area contributed by atoms with Crippen LogP contribution < -0.4 is 14.2 Å². The maximum atomic E-state index is 13.7. The molecule has 0 radical (unpaired) electrons. The Bertz CT molecular complexity index is 1670. The van der Waals surface area contributed by atoms with Crippen LogP contribution in [0, 0.1) is 11.7 Å². The zero-order valence-corrected chi connectivity index (χ0v) is 25.7. The number of hydrogen-bond acceptors (Lipinski definition) is 8. The van der Waals surface area contributed by atoms with Crippen molar-refractivity contribution in [2.75, 3.05) is 38.6 Å². The zero-order chi connectivity index (χ0) is 31.5. The van der Waals surface area contributed by atoms with E-state index in [2.05, 4.69) is 4.72 Å². The lowest BCUT2D eigenvalue weighted by Crippen LogP contribution is -2.50. The summed E-state index contributed by atoms with van der Waals surface area (Å²) >= 11 is 0. The topological polar surface area (TPSA) is 143 Å². The van der Waals surface area contributed by atoms with Crippen LogP contribution in [0.4, 0.5) is 10.1 Å². The van der Waals surface area contributed by atoms with E-state index in [1.165, 1.54) is 61.5 Å². The summed E-state index contributed by atoms with van der Waals surface area (Å²) in [5, 5.41) is 9.90. The fourth-order valence-electron chi connectivity index (χ4n) is 4.64. The number of nitrogens with zero attached hydrogens (tertiary/aromatic N) is 2. The molecule has 0 aromatic heterocycles. The second kappa shape index (κ2) is 12.9. The molecular formula is C29H34FN3O8S2. The van der Waals surface area contributed by atoms with Crippen LogP contribution in [0.1, 0.15) is 24.2 Å². The van der Waals surface area contributed by atoms with Crippen LogP contribution in [-0.2, 0) is 20.0 Å². The van der Waals surface area contributed by atoms with Crippen molar-refractivity contribution >= 4 is 31.6 Å². The number of ether oxygens (including phenoxy) is 2. The summed E-state index contributed by atoms with van der Waals surface area (Å²) < 4.78 is 81.7. The van der Waals surface area contributed by atoms with Crippen molar-refractivity contribution in [3.8, 4) is 11.5 Å². The van der Waals surface area contributed by atoms with Gasteiger partial charge in [-0.2, -0.15) is 4.31 Å². The minimum atomic E-state index is -4.15. The lowest BCUT2D eigenvalue weighted by Gasteiger charge is -2.38. The Morgan fingerprint density at radius 2 is 1.70 bits per heavy atom. The number of anilines is 1. The van der Waals surface area contributed by atoms with E-state index < -0.39 is 49.8 Å². The normalized spacial score (nSPS) is 18.3. The molecule has 2 N–H and O–H groups in total. The molecule has 0 spiro atoms. The third-order valence-electron chi connectivity index (χ3n) is 7.26. The summed E-state index contributed by atoms with van der Waals surface area (Å²) in [7, 11) is -5.40. The molecule has 3 aromatic carbocycles. The molecule has 232 valence electrons. The SMILES string of the molecule is COc1ccc(S(=O)(=O)Nc2cccc3c2O[C@@H](CN(C)S(=O)(=O)c2ccc(F)cc2)[C@H](C)CN([C@@H](C)CO)C3=O)cc1. The van der Waals surface area contributed by atoms with Gasteiger partial charge in [-0.3, -0.25) is 9.52 Å². The number of aliphatic hydroxyl groups excluding tert-OH is 1. The molecule has 0 bridgehead atoms. The van der Waals surface area contributed by atoms with E-state index in [0.717, 1.165) is 28.6 Å². The van der Waals surface area contributed by atoms with Gasteiger partial charge >= 0.3 is 0 Å². The molecule has 3 atom stereocenters. The summed E-state index contributed by atoms with van der Waals surface area (Å²) in [6.45, 7) is 3.04. The molecule has 3 aromatic rings. The van der Waals surface area contributed by atoms with Crippen molar-refractivity contribution in [1.29, 1.82) is 0 Å². The van der Waals surface area contributed by atoms with E-state index in [-0.39, 0.29) is 46.5 Å². The lowest BCUT2D eigenvalue weighted by molar-refractivity contribution is 0.0389. The van der Waals surface area contributed by atoms with E-state index in [1.807, 2.05) is 0 Å². The van der Waals surface area contributed by atoms with Crippen molar-refractivity contribution < 1.29 is 40.6 Å². The van der Waals surface area contributed by atoms with Gasteiger partial charge in [0.15, 0.2) is 5.75 Å². The first kappa shape index (κ1) is 32.2. The van der Waals surface area contributed by atoms with Crippen LogP contribution in [0.5, 0.6) is 11.5 Å². The largest absolute Gasteiger partial charge is 0.497 e. The van der Waals surface area contributed by atoms with E-state index in [0.29, 0.717) is 5.75 Å². The molecule has 11 nitrogen and oxygen atoms in total. The number of halogens is 1. The number of fused-ring (bicyclic) bond motifs is 1. The number of likely N-dealkylation sites (N-methyl/N-ethyl adjacent to an activating group) is 1. The Morgan fingerprint density at radius 1 is 1.07 bits per heavy atom.